The topological polar surface area (TPSA) is 51.7 Å². The molecule has 5 nitrogen and oxygen atoms in total. The number of nitrogens with zero attached hydrogens (tertiary/aromatic N) is 3. The maximum atomic E-state index is 12.5. The van der Waals surface area contributed by atoms with Crippen LogP contribution in [-0.4, -0.2) is 20.9 Å². The van der Waals surface area contributed by atoms with E-state index >= 15 is 0 Å². The molecule has 0 saturated carbocycles. The Kier molecular flexibility index (Phi) is 4.02. The molecule has 1 N–H and O–H groups in total. The van der Waals surface area contributed by atoms with Crippen LogP contribution in [0, 0.1) is 6.92 Å². The maximum absolute atomic E-state index is 12.5. The first kappa shape index (κ1) is 16.6. The highest BCUT2D eigenvalue weighted by molar-refractivity contribution is 7.18. The van der Waals surface area contributed by atoms with Gasteiger partial charge >= 0.3 is 0 Å². The van der Waals surface area contributed by atoms with Crippen molar-refractivity contribution in [1.82, 2.24) is 14.4 Å². The number of thiazole rings is 1. The summed E-state index contributed by atoms with van der Waals surface area (Å²) in [5.74, 6) is 0. The van der Waals surface area contributed by atoms with E-state index in [9.17, 15) is 4.79 Å². The summed E-state index contributed by atoms with van der Waals surface area (Å²) < 4.78 is 2.87. The van der Waals surface area contributed by atoms with E-state index in [0.717, 1.165) is 41.9 Å². The average Bonchev–Trinajstić information content (AvgIpc) is 3.28. The highest BCUT2D eigenvalue weighted by Gasteiger charge is 2.33. The molecule has 1 aliphatic heterocycles. The summed E-state index contributed by atoms with van der Waals surface area (Å²) in [5.41, 5.74) is 3.72. The molecule has 3 aromatic heterocycles. The zero-order valence-corrected chi connectivity index (χ0v) is 16.0. The van der Waals surface area contributed by atoms with Crippen LogP contribution in [0.25, 0.3) is 15.9 Å². The molecule has 27 heavy (non-hydrogen) atoms. The quantitative estimate of drug-likeness (QED) is 0.597. The second-order valence-electron chi connectivity index (χ2n) is 7.32. The van der Waals surface area contributed by atoms with E-state index < -0.39 is 0 Å². The molecule has 136 valence electrons. The van der Waals surface area contributed by atoms with Crippen LogP contribution in [0.2, 0.25) is 0 Å². The molecule has 0 spiro atoms. The summed E-state index contributed by atoms with van der Waals surface area (Å²) in [6.07, 6.45) is 4.17. The molecule has 1 aliphatic rings. The highest BCUT2D eigenvalue weighted by Crippen LogP contribution is 2.28. The fourth-order valence-corrected chi connectivity index (χ4v) is 5.20. The number of nitrogens with one attached hydrogen (secondary N) is 1. The summed E-state index contributed by atoms with van der Waals surface area (Å²) >= 11 is 1.80. The molecular formula is C21H21N4OS+. The van der Waals surface area contributed by atoms with Crippen LogP contribution in [0.15, 0.2) is 53.5 Å². The van der Waals surface area contributed by atoms with Crippen molar-refractivity contribution in [3.8, 4) is 0 Å². The Bertz CT molecular complexity index is 1160. The number of fused-ring (bicyclic) bond motifs is 2. The fourth-order valence-electron chi connectivity index (χ4n) is 4.04. The molecule has 4 heterocycles. The van der Waals surface area contributed by atoms with Crippen molar-refractivity contribution in [1.29, 1.82) is 0 Å². The molecule has 0 aliphatic carbocycles. The van der Waals surface area contributed by atoms with Gasteiger partial charge in [-0.25, -0.2) is 9.97 Å². The predicted molar refractivity (Wildman–Crippen MR) is 107 cm³/mol. The summed E-state index contributed by atoms with van der Waals surface area (Å²) in [6, 6.07) is 14.3. The van der Waals surface area contributed by atoms with Gasteiger partial charge in [0, 0.05) is 25.1 Å². The fraction of sp³-hybridized carbons (Fsp3) is 0.286. The van der Waals surface area contributed by atoms with E-state index in [1.807, 2.05) is 31.3 Å². The Morgan fingerprint density at radius 3 is 3.00 bits per heavy atom. The zero-order chi connectivity index (χ0) is 18.4. The molecule has 0 amide bonds. The first-order chi connectivity index (χ1) is 13.2. The van der Waals surface area contributed by atoms with Crippen molar-refractivity contribution < 1.29 is 4.90 Å². The molecule has 2 atom stereocenters. The van der Waals surface area contributed by atoms with Gasteiger partial charge in [0.25, 0.3) is 5.56 Å². The summed E-state index contributed by atoms with van der Waals surface area (Å²) in [7, 11) is 0. The van der Waals surface area contributed by atoms with Crippen LogP contribution >= 0.6 is 11.3 Å². The second-order valence-corrected chi connectivity index (χ2v) is 8.38. The Hall–Kier alpha value is -2.57. The van der Waals surface area contributed by atoms with Crippen molar-refractivity contribution in [2.24, 2.45) is 0 Å². The number of aryl methyl sites for hydroxylation is 1. The van der Waals surface area contributed by atoms with Gasteiger partial charge in [-0.3, -0.25) is 9.20 Å². The van der Waals surface area contributed by atoms with Gasteiger partial charge in [-0.1, -0.05) is 18.2 Å². The van der Waals surface area contributed by atoms with Crippen molar-refractivity contribution in [2.45, 2.75) is 32.4 Å². The molecule has 1 unspecified atom stereocenters. The van der Waals surface area contributed by atoms with E-state index in [2.05, 4.69) is 18.2 Å². The molecule has 0 radical (unpaired) electrons. The minimum absolute atomic E-state index is 0.00571. The van der Waals surface area contributed by atoms with Crippen LogP contribution in [0.5, 0.6) is 0 Å². The lowest BCUT2D eigenvalue weighted by atomic mass is 10.2. The lowest BCUT2D eigenvalue weighted by molar-refractivity contribution is -0.932. The van der Waals surface area contributed by atoms with Gasteiger partial charge in [0.05, 0.1) is 16.8 Å². The molecule has 6 heteroatoms. The number of pyridine rings is 1. The Labute approximate surface area is 160 Å². The lowest BCUT2D eigenvalue weighted by Gasteiger charge is -2.19. The van der Waals surface area contributed by atoms with Gasteiger partial charge in [-0.05, 0) is 30.7 Å². The lowest BCUT2D eigenvalue weighted by Crippen LogP contribution is -3.09. The minimum Gasteiger partial charge on any atom is -0.322 e. The van der Waals surface area contributed by atoms with Crippen LogP contribution < -0.4 is 10.5 Å². The monoisotopic (exact) mass is 377 g/mol. The van der Waals surface area contributed by atoms with Crippen molar-refractivity contribution in [3.05, 3.63) is 75.3 Å². The Balaban J connectivity index is 1.46. The van der Waals surface area contributed by atoms with E-state index in [-0.39, 0.29) is 5.56 Å². The number of quaternary nitrogens is 1. The van der Waals surface area contributed by atoms with Crippen LogP contribution in [0.4, 0.5) is 0 Å². The number of rotatable bonds is 3. The van der Waals surface area contributed by atoms with Gasteiger partial charge in [-0.15, -0.1) is 11.3 Å². The molecular weight excluding hydrogens is 356 g/mol. The number of aromatic nitrogens is 3. The number of hydrogen-bond donors (Lipinski definition) is 1. The molecule has 4 aromatic rings. The highest BCUT2D eigenvalue weighted by atomic mass is 32.1. The van der Waals surface area contributed by atoms with Gasteiger partial charge in [0.1, 0.15) is 23.9 Å². The molecule has 1 aromatic carbocycles. The maximum Gasteiger partial charge on any atom is 0.258 e. The van der Waals surface area contributed by atoms with Crippen LogP contribution in [-0.2, 0) is 6.54 Å². The third-order valence-electron chi connectivity index (χ3n) is 5.36. The number of likely N-dealkylation sites (tertiary alicyclic amines) is 1. The Morgan fingerprint density at radius 1 is 1.22 bits per heavy atom. The summed E-state index contributed by atoms with van der Waals surface area (Å²) in [5, 5.41) is 1.21. The van der Waals surface area contributed by atoms with Gasteiger partial charge in [0.2, 0.25) is 0 Å². The normalized spacial score (nSPS) is 19.9. The van der Waals surface area contributed by atoms with E-state index in [1.54, 1.807) is 21.8 Å². The van der Waals surface area contributed by atoms with Crippen LogP contribution in [0.1, 0.15) is 35.1 Å². The van der Waals surface area contributed by atoms with Gasteiger partial charge in [-0.2, -0.15) is 0 Å². The summed E-state index contributed by atoms with van der Waals surface area (Å²) in [6.45, 7) is 3.84. The first-order valence-electron chi connectivity index (χ1n) is 9.36. The summed E-state index contributed by atoms with van der Waals surface area (Å²) in [4.78, 5) is 23.6. The predicted octanol–water partition coefficient (Wildman–Crippen LogP) is 2.53. The smallest absolute Gasteiger partial charge is 0.258 e. The van der Waals surface area contributed by atoms with E-state index in [4.69, 9.17) is 9.97 Å². The zero-order valence-electron chi connectivity index (χ0n) is 15.2. The van der Waals surface area contributed by atoms with Crippen molar-refractivity contribution in [2.75, 3.05) is 6.54 Å². The number of benzene rings is 1. The standard InChI is InChI=1S/C21H20N4OS/c1-14-8-9-19-22-15(11-20(26)25(19)12-14)13-24-10-4-6-17(24)21-23-16-5-2-3-7-18(16)27-21/h2-3,5,7-9,11-12,17H,4,6,10,13H2,1H3/p+1/t17-/m0/s1. The first-order valence-corrected chi connectivity index (χ1v) is 10.2. The average molecular weight is 377 g/mol. The molecule has 1 saturated heterocycles. The van der Waals surface area contributed by atoms with Crippen molar-refractivity contribution >= 4 is 27.2 Å². The van der Waals surface area contributed by atoms with E-state index in [0.29, 0.717) is 6.04 Å². The molecule has 1 fully saturated rings. The molecule has 0 bridgehead atoms. The SMILES string of the molecule is Cc1ccc2nc(C[NH+]3CCC[C@H]3c3nc4ccccc4s3)cc(=O)n2c1. The minimum atomic E-state index is -0.00571. The third-order valence-corrected chi connectivity index (χ3v) is 6.51. The van der Waals surface area contributed by atoms with Gasteiger partial charge < -0.3 is 4.90 Å². The van der Waals surface area contributed by atoms with E-state index in [1.165, 1.54) is 21.0 Å². The van der Waals surface area contributed by atoms with Crippen molar-refractivity contribution in [3.63, 3.8) is 0 Å². The number of hydrogen-bond acceptors (Lipinski definition) is 4. The number of para-hydroxylation sites is 1. The van der Waals surface area contributed by atoms with Gasteiger partial charge in [0.15, 0.2) is 5.01 Å². The Morgan fingerprint density at radius 2 is 2.11 bits per heavy atom. The molecule has 5 rings (SSSR count). The largest absolute Gasteiger partial charge is 0.322 e. The second kappa shape index (κ2) is 6.55. The third kappa shape index (κ3) is 3.05. The van der Waals surface area contributed by atoms with Crippen LogP contribution in [0.3, 0.4) is 0 Å².